The van der Waals surface area contributed by atoms with Crippen molar-refractivity contribution in [3.05, 3.63) is 0 Å². The standard InChI is InChI=1S/C10H24N2O5/c11-9(16-7-3-13)1-5-15-6-2-10(12)17-8-4-14/h9-10,13-14H,1-8,11-12H2. The fraction of sp³-hybridized carbons (Fsp3) is 1.00. The zero-order valence-corrected chi connectivity index (χ0v) is 10.1. The van der Waals surface area contributed by atoms with E-state index in [4.69, 9.17) is 35.9 Å². The topological polar surface area (TPSA) is 120 Å². The number of aliphatic hydroxyl groups is 2. The monoisotopic (exact) mass is 252 g/mol. The Hall–Kier alpha value is -0.280. The van der Waals surface area contributed by atoms with Crippen molar-refractivity contribution in [1.82, 2.24) is 0 Å². The lowest BCUT2D eigenvalue weighted by Crippen LogP contribution is -2.28. The number of hydrogen-bond donors (Lipinski definition) is 4. The minimum absolute atomic E-state index is 0.0361. The number of hydrogen-bond acceptors (Lipinski definition) is 7. The van der Waals surface area contributed by atoms with Crippen molar-refractivity contribution in [2.24, 2.45) is 11.5 Å². The van der Waals surface area contributed by atoms with Crippen molar-refractivity contribution in [2.75, 3.05) is 39.6 Å². The summed E-state index contributed by atoms with van der Waals surface area (Å²) >= 11 is 0. The van der Waals surface area contributed by atoms with Crippen molar-refractivity contribution in [1.29, 1.82) is 0 Å². The van der Waals surface area contributed by atoms with Crippen molar-refractivity contribution >= 4 is 0 Å². The molecule has 2 atom stereocenters. The molecule has 0 spiro atoms. The van der Waals surface area contributed by atoms with E-state index in [0.29, 0.717) is 26.1 Å². The van der Waals surface area contributed by atoms with E-state index >= 15 is 0 Å². The Balaban J connectivity index is 3.22. The second kappa shape index (κ2) is 12.2. The van der Waals surface area contributed by atoms with Gasteiger partial charge in [0.15, 0.2) is 0 Å². The molecule has 104 valence electrons. The summed E-state index contributed by atoms with van der Waals surface area (Å²) in [6, 6.07) is 0. The van der Waals surface area contributed by atoms with E-state index in [2.05, 4.69) is 0 Å². The lowest BCUT2D eigenvalue weighted by molar-refractivity contribution is -0.00807. The van der Waals surface area contributed by atoms with Crippen LogP contribution >= 0.6 is 0 Å². The predicted octanol–water partition coefficient (Wildman–Crippen LogP) is -1.63. The molecule has 0 bridgehead atoms. The molecule has 0 amide bonds. The number of nitrogens with two attached hydrogens (primary N) is 2. The first-order valence-corrected chi connectivity index (χ1v) is 5.74. The highest BCUT2D eigenvalue weighted by atomic mass is 16.5. The molecule has 0 aliphatic rings. The Bertz CT molecular complexity index is 146. The van der Waals surface area contributed by atoms with Crippen molar-refractivity contribution in [2.45, 2.75) is 25.3 Å². The zero-order chi connectivity index (χ0) is 12.9. The molecule has 0 saturated heterocycles. The average Bonchev–Trinajstić information content (AvgIpc) is 2.33. The van der Waals surface area contributed by atoms with Crippen LogP contribution in [0.25, 0.3) is 0 Å². The highest BCUT2D eigenvalue weighted by molar-refractivity contribution is 4.50. The summed E-state index contributed by atoms with van der Waals surface area (Å²) in [5.41, 5.74) is 11.2. The van der Waals surface area contributed by atoms with Crippen LogP contribution in [0.15, 0.2) is 0 Å². The molecule has 0 saturated carbocycles. The predicted molar refractivity (Wildman–Crippen MR) is 62.1 cm³/mol. The van der Waals surface area contributed by atoms with Gasteiger partial charge in [0.2, 0.25) is 0 Å². The zero-order valence-electron chi connectivity index (χ0n) is 10.1. The molecule has 0 aromatic heterocycles. The second-order valence-corrected chi connectivity index (χ2v) is 3.46. The summed E-state index contributed by atoms with van der Waals surface area (Å²) in [7, 11) is 0. The van der Waals surface area contributed by atoms with Gasteiger partial charge in [-0.25, -0.2) is 0 Å². The SMILES string of the molecule is NC(CCOCCC(N)OCCO)OCCO. The van der Waals surface area contributed by atoms with Crippen LogP contribution in [0.1, 0.15) is 12.8 Å². The fourth-order valence-electron chi connectivity index (χ4n) is 1.08. The van der Waals surface area contributed by atoms with E-state index in [1.54, 1.807) is 0 Å². The van der Waals surface area contributed by atoms with Crippen LogP contribution in [-0.4, -0.2) is 62.3 Å². The van der Waals surface area contributed by atoms with Gasteiger partial charge in [-0.3, -0.25) is 0 Å². The Morgan fingerprint density at radius 3 is 1.53 bits per heavy atom. The largest absolute Gasteiger partial charge is 0.394 e. The fourth-order valence-corrected chi connectivity index (χ4v) is 1.08. The van der Waals surface area contributed by atoms with Crippen LogP contribution in [0.5, 0.6) is 0 Å². The quantitative estimate of drug-likeness (QED) is 0.243. The minimum Gasteiger partial charge on any atom is -0.394 e. The average molecular weight is 252 g/mol. The van der Waals surface area contributed by atoms with E-state index in [1.807, 2.05) is 0 Å². The van der Waals surface area contributed by atoms with E-state index in [-0.39, 0.29) is 26.4 Å². The maximum absolute atomic E-state index is 8.50. The van der Waals surface area contributed by atoms with Gasteiger partial charge in [0, 0.05) is 12.8 Å². The van der Waals surface area contributed by atoms with Gasteiger partial charge >= 0.3 is 0 Å². The second-order valence-electron chi connectivity index (χ2n) is 3.46. The summed E-state index contributed by atoms with van der Waals surface area (Å²) in [4.78, 5) is 0. The van der Waals surface area contributed by atoms with Gasteiger partial charge < -0.3 is 35.9 Å². The normalized spacial score (nSPS) is 14.8. The molecule has 0 aromatic rings. The van der Waals surface area contributed by atoms with E-state index in [1.165, 1.54) is 0 Å². The van der Waals surface area contributed by atoms with Gasteiger partial charge in [0.25, 0.3) is 0 Å². The molecule has 7 nitrogen and oxygen atoms in total. The first-order valence-electron chi connectivity index (χ1n) is 5.74. The van der Waals surface area contributed by atoms with Crippen molar-refractivity contribution in [3.8, 4) is 0 Å². The molecule has 6 N–H and O–H groups in total. The maximum atomic E-state index is 8.50. The number of rotatable bonds is 12. The van der Waals surface area contributed by atoms with Crippen LogP contribution in [0, 0.1) is 0 Å². The first-order chi connectivity index (χ1) is 8.20. The highest BCUT2D eigenvalue weighted by Crippen LogP contribution is 1.95. The molecule has 0 aliphatic heterocycles. The van der Waals surface area contributed by atoms with Gasteiger partial charge in [-0.2, -0.15) is 0 Å². The van der Waals surface area contributed by atoms with Gasteiger partial charge in [-0.1, -0.05) is 0 Å². The van der Waals surface area contributed by atoms with E-state index in [9.17, 15) is 0 Å². The van der Waals surface area contributed by atoms with Crippen LogP contribution in [0.2, 0.25) is 0 Å². The van der Waals surface area contributed by atoms with Crippen LogP contribution in [0.3, 0.4) is 0 Å². The van der Waals surface area contributed by atoms with Gasteiger partial charge in [0.05, 0.1) is 39.6 Å². The number of ether oxygens (including phenoxy) is 3. The van der Waals surface area contributed by atoms with Crippen LogP contribution in [0.4, 0.5) is 0 Å². The summed E-state index contributed by atoms with van der Waals surface area (Å²) in [6.45, 7) is 1.35. The molecule has 7 heteroatoms. The first kappa shape index (κ1) is 16.7. The molecule has 0 aliphatic carbocycles. The Morgan fingerprint density at radius 2 is 1.18 bits per heavy atom. The minimum atomic E-state index is -0.415. The van der Waals surface area contributed by atoms with Gasteiger partial charge in [0.1, 0.15) is 12.5 Å². The molecule has 2 unspecified atom stereocenters. The molecule has 0 rings (SSSR count). The lowest BCUT2D eigenvalue weighted by atomic mass is 10.4. The third kappa shape index (κ3) is 12.0. The molecule has 17 heavy (non-hydrogen) atoms. The molecule has 0 fully saturated rings. The summed E-state index contributed by atoms with van der Waals surface area (Å²) in [5.74, 6) is 0. The van der Waals surface area contributed by atoms with Gasteiger partial charge in [-0.15, -0.1) is 0 Å². The summed E-state index contributed by atoms with van der Waals surface area (Å²) in [6.07, 6.45) is 0.294. The van der Waals surface area contributed by atoms with Crippen molar-refractivity contribution in [3.63, 3.8) is 0 Å². The van der Waals surface area contributed by atoms with E-state index in [0.717, 1.165) is 0 Å². The summed E-state index contributed by atoms with van der Waals surface area (Å²) in [5, 5.41) is 17.0. The lowest BCUT2D eigenvalue weighted by Gasteiger charge is -2.14. The molecule has 0 aromatic carbocycles. The van der Waals surface area contributed by atoms with Crippen molar-refractivity contribution < 1.29 is 24.4 Å². The smallest absolute Gasteiger partial charge is 0.107 e. The third-order valence-corrected chi connectivity index (χ3v) is 1.94. The maximum Gasteiger partial charge on any atom is 0.107 e. The molecule has 0 heterocycles. The Kier molecular flexibility index (Phi) is 12.0. The Labute approximate surface area is 102 Å². The Morgan fingerprint density at radius 1 is 0.765 bits per heavy atom. The molecular formula is C10H24N2O5. The molecular weight excluding hydrogens is 228 g/mol. The molecule has 0 radical (unpaired) electrons. The number of aliphatic hydroxyl groups excluding tert-OH is 2. The van der Waals surface area contributed by atoms with Crippen LogP contribution < -0.4 is 11.5 Å². The highest BCUT2D eigenvalue weighted by Gasteiger charge is 2.04. The van der Waals surface area contributed by atoms with Gasteiger partial charge in [-0.05, 0) is 0 Å². The van der Waals surface area contributed by atoms with E-state index < -0.39 is 12.5 Å². The third-order valence-electron chi connectivity index (χ3n) is 1.94. The summed E-state index contributed by atoms with van der Waals surface area (Å²) < 4.78 is 15.4. The van der Waals surface area contributed by atoms with Crippen LogP contribution in [-0.2, 0) is 14.2 Å².